The third-order valence-corrected chi connectivity index (χ3v) is 2.97. The summed E-state index contributed by atoms with van der Waals surface area (Å²) in [5, 5.41) is 8.60. The van der Waals surface area contributed by atoms with Crippen molar-refractivity contribution in [3.8, 4) is 0 Å². The van der Waals surface area contributed by atoms with E-state index < -0.39 is 0 Å². The van der Waals surface area contributed by atoms with Crippen molar-refractivity contribution in [3.05, 3.63) is 0 Å². The van der Waals surface area contributed by atoms with Gasteiger partial charge < -0.3 is 15.7 Å². The van der Waals surface area contributed by atoms with Crippen LogP contribution in [0.3, 0.4) is 0 Å². The molecule has 0 aromatic rings. The molecule has 0 bridgehead atoms. The van der Waals surface area contributed by atoms with Gasteiger partial charge in [0, 0.05) is 32.3 Å². The first-order chi connectivity index (χ1) is 5.33. The molecule has 1 aliphatic heterocycles. The van der Waals surface area contributed by atoms with Crippen LogP contribution in [0.4, 0.5) is 0 Å². The van der Waals surface area contributed by atoms with Crippen molar-refractivity contribution in [3.63, 3.8) is 0 Å². The molecule has 1 aliphatic carbocycles. The van der Waals surface area contributed by atoms with E-state index in [2.05, 4.69) is 4.90 Å². The van der Waals surface area contributed by atoms with Gasteiger partial charge >= 0.3 is 0 Å². The van der Waals surface area contributed by atoms with Crippen molar-refractivity contribution in [2.24, 2.45) is 17.6 Å². The Morgan fingerprint density at radius 1 is 1.36 bits per heavy atom. The number of aliphatic hydroxyl groups is 1. The van der Waals surface area contributed by atoms with Crippen LogP contribution in [0.2, 0.25) is 0 Å². The molecule has 0 spiro atoms. The van der Waals surface area contributed by atoms with Crippen LogP contribution >= 0.6 is 0 Å². The topological polar surface area (TPSA) is 49.5 Å². The average Bonchev–Trinajstić information content (AvgIpc) is 2.54. The second-order valence-electron chi connectivity index (χ2n) is 3.74. The minimum Gasteiger partial charge on any atom is -0.396 e. The van der Waals surface area contributed by atoms with Crippen molar-refractivity contribution in [1.29, 1.82) is 0 Å². The van der Waals surface area contributed by atoms with Gasteiger partial charge in [0.1, 0.15) is 0 Å². The van der Waals surface area contributed by atoms with E-state index in [0.717, 1.165) is 24.8 Å². The predicted molar refractivity (Wildman–Crippen MR) is 43.1 cm³/mol. The van der Waals surface area contributed by atoms with Gasteiger partial charge in [-0.1, -0.05) is 0 Å². The lowest BCUT2D eigenvalue weighted by Gasteiger charge is -2.17. The van der Waals surface area contributed by atoms with Crippen LogP contribution < -0.4 is 5.73 Å². The predicted octanol–water partition coefficient (Wildman–Crippen LogP) is -0.742. The lowest BCUT2D eigenvalue weighted by atomic mass is 10.3. The zero-order chi connectivity index (χ0) is 7.84. The molecule has 2 rings (SSSR count). The fraction of sp³-hybridized carbons (Fsp3) is 1.00. The highest BCUT2D eigenvalue weighted by Crippen LogP contribution is 2.43. The molecule has 64 valence electrons. The third kappa shape index (κ3) is 1.28. The highest BCUT2D eigenvalue weighted by atomic mass is 16.3. The van der Waals surface area contributed by atoms with Gasteiger partial charge in [0.05, 0.1) is 0 Å². The van der Waals surface area contributed by atoms with Gasteiger partial charge in [-0.15, -0.1) is 0 Å². The highest BCUT2D eigenvalue weighted by molar-refractivity contribution is 5.08. The number of nitrogens with two attached hydrogens (primary N) is 1. The van der Waals surface area contributed by atoms with Gasteiger partial charge in [-0.25, -0.2) is 0 Å². The first kappa shape index (κ1) is 7.53. The first-order valence-electron chi connectivity index (χ1n) is 4.41. The Kier molecular flexibility index (Phi) is 1.87. The molecule has 0 aromatic carbocycles. The molecular formula is C8H16N2O. The van der Waals surface area contributed by atoms with Crippen LogP contribution in [0.15, 0.2) is 0 Å². The zero-order valence-corrected chi connectivity index (χ0v) is 6.74. The van der Waals surface area contributed by atoms with Gasteiger partial charge in [0.2, 0.25) is 0 Å². The van der Waals surface area contributed by atoms with E-state index in [1.165, 1.54) is 13.1 Å². The molecule has 3 nitrogen and oxygen atoms in total. The molecule has 1 saturated heterocycles. The lowest BCUT2D eigenvalue weighted by Crippen LogP contribution is -2.29. The fourth-order valence-electron chi connectivity index (χ4n) is 2.14. The van der Waals surface area contributed by atoms with Crippen molar-refractivity contribution in [1.82, 2.24) is 4.90 Å². The molecule has 3 heteroatoms. The number of likely N-dealkylation sites (tertiary alicyclic amines) is 1. The molecule has 11 heavy (non-hydrogen) atoms. The zero-order valence-electron chi connectivity index (χ0n) is 6.74. The molecule has 3 N–H and O–H groups in total. The summed E-state index contributed by atoms with van der Waals surface area (Å²) in [5.74, 6) is 1.57. The van der Waals surface area contributed by atoms with E-state index in [1.807, 2.05) is 0 Å². The molecule has 2 unspecified atom stereocenters. The summed E-state index contributed by atoms with van der Waals surface area (Å²) in [5.41, 5.74) is 5.79. The molecule has 0 amide bonds. The number of fused-ring (bicyclic) bond motifs is 1. The van der Waals surface area contributed by atoms with Crippen molar-refractivity contribution in [2.45, 2.75) is 12.5 Å². The van der Waals surface area contributed by atoms with E-state index >= 15 is 0 Å². The van der Waals surface area contributed by atoms with Crippen LogP contribution in [0.25, 0.3) is 0 Å². The van der Waals surface area contributed by atoms with E-state index in [9.17, 15) is 0 Å². The molecule has 1 heterocycles. The summed E-state index contributed by atoms with van der Waals surface area (Å²) >= 11 is 0. The van der Waals surface area contributed by atoms with Gasteiger partial charge in [-0.2, -0.15) is 0 Å². The summed E-state index contributed by atoms with van der Waals surface area (Å²) < 4.78 is 0. The highest BCUT2D eigenvalue weighted by Gasteiger charge is 2.53. The maximum absolute atomic E-state index is 8.60. The fourth-order valence-corrected chi connectivity index (χ4v) is 2.14. The largest absolute Gasteiger partial charge is 0.396 e. The van der Waals surface area contributed by atoms with E-state index in [0.29, 0.717) is 12.6 Å². The molecule has 0 aromatic heterocycles. The first-order valence-corrected chi connectivity index (χ1v) is 4.41. The SMILES string of the molecule is NC1C2CN(CCCO)CC12. The monoisotopic (exact) mass is 156 g/mol. The van der Waals surface area contributed by atoms with E-state index in [-0.39, 0.29) is 0 Å². The number of piperidine rings is 1. The molecular weight excluding hydrogens is 140 g/mol. The smallest absolute Gasteiger partial charge is 0.0443 e. The Morgan fingerprint density at radius 2 is 2.00 bits per heavy atom. The van der Waals surface area contributed by atoms with Gasteiger partial charge in [-0.05, 0) is 18.3 Å². The van der Waals surface area contributed by atoms with Gasteiger partial charge in [0.15, 0.2) is 0 Å². The van der Waals surface area contributed by atoms with Crippen molar-refractivity contribution >= 4 is 0 Å². The minimum absolute atomic E-state index is 0.317. The molecule has 2 atom stereocenters. The van der Waals surface area contributed by atoms with E-state index in [1.54, 1.807) is 0 Å². The lowest BCUT2D eigenvalue weighted by molar-refractivity contribution is 0.235. The maximum atomic E-state index is 8.60. The Hall–Kier alpha value is -0.120. The number of rotatable bonds is 3. The van der Waals surface area contributed by atoms with Crippen LogP contribution in [0, 0.1) is 11.8 Å². The van der Waals surface area contributed by atoms with Crippen LogP contribution in [-0.2, 0) is 0 Å². The Bertz CT molecular complexity index is 139. The number of nitrogens with zero attached hydrogens (tertiary/aromatic N) is 1. The molecule has 2 aliphatic rings. The Balaban J connectivity index is 1.69. The third-order valence-electron chi connectivity index (χ3n) is 2.97. The average molecular weight is 156 g/mol. The van der Waals surface area contributed by atoms with Crippen molar-refractivity contribution in [2.75, 3.05) is 26.2 Å². The number of aliphatic hydroxyl groups excluding tert-OH is 1. The quantitative estimate of drug-likeness (QED) is 0.565. The van der Waals surface area contributed by atoms with Gasteiger partial charge in [-0.3, -0.25) is 0 Å². The standard InChI is InChI=1S/C8H16N2O/c9-8-6-4-10(2-1-3-11)5-7(6)8/h6-8,11H,1-5,9H2. The maximum Gasteiger partial charge on any atom is 0.0443 e. The number of hydrogen-bond acceptors (Lipinski definition) is 3. The van der Waals surface area contributed by atoms with E-state index in [4.69, 9.17) is 10.8 Å². The van der Waals surface area contributed by atoms with Gasteiger partial charge in [0.25, 0.3) is 0 Å². The summed E-state index contributed by atoms with van der Waals surface area (Å²) in [7, 11) is 0. The molecule has 0 radical (unpaired) electrons. The Labute approximate surface area is 67.2 Å². The van der Waals surface area contributed by atoms with Crippen LogP contribution in [0.5, 0.6) is 0 Å². The van der Waals surface area contributed by atoms with Crippen LogP contribution in [-0.4, -0.2) is 42.3 Å². The number of hydrogen-bond donors (Lipinski definition) is 2. The van der Waals surface area contributed by atoms with Crippen molar-refractivity contribution < 1.29 is 5.11 Å². The normalized spacial score (nSPS) is 42.5. The second kappa shape index (κ2) is 2.73. The molecule has 1 saturated carbocycles. The second-order valence-corrected chi connectivity index (χ2v) is 3.74. The summed E-state index contributed by atoms with van der Waals surface area (Å²) in [4.78, 5) is 2.41. The minimum atomic E-state index is 0.317. The van der Waals surface area contributed by atoms with Crippen LogP contribution in [0.1, 0.15) is 6.42 Å². The molecule has 2 fully saturated rings. The summed E-state index contributed by atoms with van der Waals surface area (Å²) in [6.45, 7) is 3.71. The summed E-state index contributed by atoms with van der Waals surface area (Å²) in [6, 6.07) is 0.500. The Morgan fingerprint density at radius 3 is 2.55 bits per heavy atom. The summed E-state index contributed by atoms with van der Waals surface area (Å²) in [6.07, 6.45) is 0.911.